The average Bonchev–Trinajstić information content (AvgIpc) is 3.42. The number of aryl methyl sites for hydroxylation is 2. The molecule has 3 heterocycles. The number of Topliss-reactive ketones (excluding diaryl/α,β-unsaturated/α-hetero) is 1. The van der Waals surface area contributed by atoms with Gasteiger partial charge < -0.3 is 9.88 Å². The molecule has 0 aliphatic carbocycles. The number of carbonyl (C=O) groups is 3. The zero-order valence-electron chi connectivity index (χ0n) is 18.1. The Kier molecular flexibility index (Phi) is 5.73. The molecule has 166 valence electrons. The van der Waals surface area contributed by atoms with Crippen molar-refractivity contribution < 1.29 is 18.8 Å². The number of thiophene rings is 1. The second-order valence-electron chi connectivity index (χ2n) is 8.14. The molecular weight excluding hydrogens is 429 g/mol. The van der Waals surface area contributed by atoms with Crippen molar-refractivity contribution >= 4 is 29.1 Å². The molecule has 1 atom stereocenters. The molecule has 3 amide bonds. The first kappa shape index (κ1) is 22.0. The third-order valence-corrected chi connectivity index (χ3v) is 6.97. The Morgan fingerprint density at radius 1 is 1.16 bits per heavy atom. The summed E-state index contributed by atoms with van der Waals surface area (Å²) < 4.78 is 15.4. The van der Waals surface area contributed by atoms with Crippen LogP contribution in [-0.2, 0) is 23.3 Å². The SMILES string of the molecule is Cc1cc(C(=O)CN2C(=O)NC(C)(c3ccc(F)cc3)C2=O)c(C)n1CCc1cccs1. The summed E-state index contributed by atoms with van der Waals surface area (Å²) in [6.07, 6.45) is 0.866. The molecular formula is C24H24FN3O3S. The number of carbonyl (C=O) groups excluding carboxylic acids is 3. The Bertz CT molecular complexity index is 1180. The molecule has 1 fully saturated rings. The standard InChI is InChI=1S/C24H24FN3O3S/c1-15-13-20(16(2)27(15)11-10-19-5-4-12-32-19)21(29)14-28-22(30)24(3,26-23(28)31)17-6-8-18(25)9-7-17/h4-9,12-13H,10-11,14H2,1-3H3,(H,26,31). The van der Waals surface area contributed by atoms with E-state index in [1.807, 2.05) is 31.4 Å². The first-order valence-corrected chi connectivity index (χ1v) is 11.2. The van der Waals surface area contributed by atoms with Crippen LogP contribution in [0.4, 0.5) is 9.18 Å². The lowest BCUT2D eigenvalue weighted by molar-refractivity contribution is -0.130. The van der Waals surface area contributed by atoms with E-state index in [9.17, 15) is 18.8 Å². The second-order valence-corrected chi connectivity index (χ2v) is 9.17. The van der Waals surface area contributed by atoms with Crippen molar-refractivity contribution in [3.63, 3.8) is 0 Å². The van der Waals surface area contributed by atoms with Crippen LogP contribution < -0.4 is 5.32 Å². The van der Waals surface area contributed by atoms with Gasteiger partial charge in [0.25, 0.3) is 5.91 Å². The number of aromatic nitrogens is 1. The summed E-state index contributed by atoms with van der Waals surface area (Å²) in [5.74, 6) is -1.27. The number of rotatable bonds is 7. The van der Waals surface area contributed by atoms with Gasteiger partial charge in [0.15, 0.2) is 5.78 Å². The zero-order chi connectivity index (χ0) is 23.0. The molecule has 1 saturated heterocycles. The smallest absolute Gasteiger partial charge is 0.325 e. The number of hydrogen-bond acceptors (Lipinski definition) is 4. The number of ketones is 1. The number of amides is 3. The van der Waals surface area contributed by atoms with Crippen LogP contribution in [0.1, 0.15) is 39.1 Å². The Labute approximate surface area is 189 Å². The molecule has 1 aromatic carbocycles. The van der Waals surface area contributed by atoms with Crippen LogP contribution in [0.25, 0.3) is 0 Å². The van der Waals surface area contributed by atoms with E-state index >= 15 is 0 Å². The van der Waals surface area contributed by atoms with Crippen molar-refractivity contribution in [3.05, 3.63) is 81.1 Å². The van der Waals surface area contributed by atoms with E-state index in [0.29, 0.717) is 11.1 Å². The highest BCUT2D eigenvalue weighted by molar-refractivity contribution is 7.09. The largest absolute Gasteiger partial charge is 0.348 e. The summed E-state index contributed by atoms with van der Waals surface area (Å²) in [5, 5.41) is 4.69. The maximum atomic E-state index is 13.3. The first-order valence-electron chi connectivity index (χ1n) is 10.3. The topological polar surface area (TPSA) is 71.4 Å². The van der Waals surface area contributed by atoms with Crippen LogP contribution in [0.15, 0.2) is 47.8 Å². The zero-order valence-corrected chi connectivity index (χ0v) is 19.0. The lowest BCUT2D eigenvalue weighted by Crippen LogP contribution is -2.41. The summed E-state index contributed by atoms with van der Waals surface area (Å²) >= 11 is 1.70. The molecule has 0 saturated carbocycles. The molecule has 6 nitrogen and oxygen atoms in total. The third kappa shape index (κ3) is 3.86. The second kappa shape index (κ2) is 8.35. The van der Waals surface area contributed by atoms with Crippen LogP contribution in [0.5, 0.6) is 0 Å². The van der Waals surface area contributed by atoms with E-state index in [0.717, 1.165) is 29.3 Å². The molecule has 0 spiro atoms. The average molecular weight is 454 g/mol. The van der Waals surface area contributed by atoms with Gasteiger partial charge in [-0.1, -0.05) is 18.2 Å². The number of nitrogens with zero attached hydrogens (tertiary/aromatic N) is 2. The van der Waals surface area contributed by atoms with E-state index in [4.69, 9.17) is 0 Å². The quantitative estimate of drug-likeness (QED) is 0.431. The van der Waals surface area contributed by atoms with E-state index in [-0.39, 0.29) is 12.3 Å². The number of halogens is 1. The number of urea groups is 1. The molecule has 4 rings (SSSR count). The lowest BCUT2D eigenvalue weighted by Gasteiger charge is -2.22. The monoisotopic (exact) mass is 453 g/mol. The maximum absolute atomic E-state index is 13.3. The molecule has 0 bridgehead atoms. The Balaban J connectivity index is 1.51. The van der Waals surface area contributed by atoms with Crippen molar-refractivity contribution in [2.75, 3.05) is 6.54 Å². The normalized spacial score (nSPS) is 18.3. The highest BCUT2D eigenvalue weighted by atomic mass is 32.1. The highest BCUT2D eigenvalue weighted by Crippen LogP contribution is 2.29. The minimum absolute atomic E-state index is 0.299. The van der Waals surface area contributed by atoms with Crippen LogP contribution >= 0.6 is 11.3 Å². The Hall–Kier alpha value is -3.26. The van der Waals surface area contributed by atoms with Gasteiger partial charge in [-0.25, -0.2) is 9.18 Å². The Morgan fingerprint density at radius 3 is 2.53 bits per heavy atom. The van der Waals surface area contributed by atoms with Crippen molar-refractivity contribution in [2.45, 2.75) is 39.3 Å². The maximum Gasteiger partial charge on any atom is 0.325 e. The predicted octanol–water partition coefficient (Wildman–Crippen LogP) is 4.20. The van der Waals surface area contributed by atoms with E-state index in [1.165, 1.54) is 29.1 Å². The molecule has 3 aromatic rings. The van der Waals surface area contributed by atoms with E-state index < -0.39 is 23.3 Å². The fourth-order valence-electron chi connectivity index (χ4n) is 4.15. The number of benzene rings is 1. The van der Waals surface area contributed by atoms with Crippen molar-refractivity contribution in [3.8, 4) is 0 Å². The van der Waals surface area contributed by atoms with E-state index in [1.54, 1.807) is 18.3 Å². The van der Waals surface area contributed by atoms with Crippen LogP contribution in [-0.4, -0.2) is 33.7 Å². The number of nitrogens with one attached hydrogen (secondary N) is 1. The molecule has 2 aromatic heterocycles. The van der Waals surface area contributed by atoms with Crippen LogP contribution in [0.2, 0.25) is 0 Å². The van der Waals surface area contributed by atoms with Gasteiger partial charge in [0, 0.05) is 28.4 Å². The van der Waals surface area contributed by atoms with Gasteiger partial charge in [-0.2, -0.15) is 0 Å². The minimum atomic E-state index is -1.34. The van der Waals surface area contributed by atoms with Crippen LogP contribution in [0, 0.1) is 19.7 Å². The van der Waals surface area contributed by atoms with Crippen molar-refractivity contribution in [1.29, 1.82) is 0 Å². The third-order valence-electron chi connectivity index (χ3n) is 6.03. The molecule has 1 aliphatic heterocycles. The highest BCUT2D eigenvalue weighted by Gasteiger charge is 2.49. The molecule has 32 heavy (non-hydrogen) atoms. The van der Waals surface area contributed by atoms with Gasteiger partial charge in [-0.05, 0) is 62.4 Å². The van der Waals surface area contributed by atoms with Crippen molar-refractivity contribution in [2.24, 2.45) is 0 Å². The molecule has 1 N–H and O–H groups in total. The van der Waals surface area contributed by atoms with Crippen LogP contribution in [0.3, 0.4) is 0 Å². The van der Waals surface area contributed by atoms with Gasteiger partial charge in [-0.15, -0.1) is 11.3 Å². The summed E-state index contributed by atoms with van der Waals surface area (Å²) in [7, 11) is 0. The fraction of sp³-hybridized carbons (Fsp3) is 0.292. The molecule has 0 radical (unpaired) electrons. The molecule has 8 heteroatoms. The van der Waals surface area contributed by atoms with Gasteiger partial charge in [0.05, 0.1) is 6.54 Å². The minimum Gasteiger partial charge on any atom is -0.348 e. The summed E-state index contributed by atoms with van der Waals surface area (Å²) in [6.45, 7) is 5.77. The van der Waals surface area contributed by atoms with E-state index in [2.05, 4.69) is 16.0 Å². The summed E-state index contributed by atoms with van der Waals surface area (Å²) in [5.41, 5.74) is 1.39. The van der Waals surface area contributed by atoms with Gasteiger partial charge in [-0.3, -0.25) is 14.5 Å². The summed E-state index contributed by atoms with van der Waals surface area (Å²) in [4.78, 5) is 40.9. The van der Waals surface area contributed by atoms with Gasteiger partial charge in [0.1, 0.15) is 11.4 Å². The molecule has 1 unspecified atom stereocenters. The number of hydrogen-bond donors (Lipinski definition) is 1. The van der Waals surface area contributed by atoms with Gasteiger partial charge in [0.2, 0.25) is 0 Å². The Morgan fingerprint density at radius 2 is 1.88 bits per heavy atom. The first-order chi connectivity index (χ1) is 15.2. The predicted molar refractivity (Wildman–Crippen MR) is 120 cm³/mol. The molecule has 1 aliphatic rings. The lowest BCUT2D eigenvalue weighted by atomic mass is 9.92. The number of imide groups is 1. The van der Waals surface area contributed by atoms with Gasteiger partial charge >= 0.3 is 6.03 Å². The van der Waals surface area contributed by atoms with Crippen molar-refractivity contribution in [1.82, 2.24) is 14.8 Å². The fourth-order valence-corrected chi connectivity index (χ4v) is 4.85. The summed E-state index contributed by atoms with van der Waals surface area (Å²) in [6, 6.07) is 10.7.